The van der Waals surface area contributed by atoms with E-state index in [9.17, 15) is 0 Å². The van der Waals surface area contributed by atoms with Gasteiger partial charge in [-0.2, -0.15) is 0 Å². The molecule has 100 valence electrons. The van der Waals surface area contributed by atoms with Gasteiger partial charge in [0.25, 0.3) is 0 Å². The summed E-state index contributed by atoms with van der Waals surface area (Å²) in [6.45, 7) is 3.77. The summed E-state index contributed by atoms with van der Waals surface area (Å²) in [5.41, 5.74) is 7.09. The number of likely N-dealkylation sites (tertiary alicyclic amines) is 1. The molecule has 2 N–H and O–H groups in total. The van der Waals surface area contributed by atoms with Crippen LogP contribution in [0.1, 0.15) is 50.0 Å². The van der Waals surface area contributed by atoms with E-state index in [0.717, 1.165) is 18.0 Å². The summed E-state index contributed by atoms with van der Waals surface area (Å²) < 4.78 is 5.30. The highest BCUT2D eigenvalue weighted by Crippen LogP contribution is 2.46. The van der Waals surface area contributed by atoms with Gasteiger partial charge in [0.15, 0.2) is 5.76 Å². The SMILES string of the molecule is NCc1cc(CN2CCC3(CCCC3)CC2)on1. The molecule has 2 heterocycles. The Morgan fingerprint density at radius 1 is 1.22 bits per heavy atom. The molecule has 4 nitrogen and oxygen atoms in total. The van der Waals surface area contributed by atoms with Crippen molar-refractivity contribution in [3.05, 3.63) is 17.5 Å². The smallest absolute Gasteiger partial charge is 0.151 e. The van der Waals surface area contributed by atoms with Gasteiger partial charge in [0.05, 0.1) is 12.2 Å². The Kier molecular flexibility index (Phi) is 3.39. The van der Waals surface area contributed by atoms with Crippen LogP contribution in [-0.2, 0) is 13.1 Å². The first-order valence-corrected chi connectivity index (χ1v) is 7.17. The van der Waals surface area contributed by atoms with Crippen molar-refractivity contribution in [2.45, 2.75) is 51.6 Å². The average Bonchev–Trinajstić information content (AvgIpc) is 3.02. The summed E-state index contributed by atoms with van der Waals surface area (Å²) in [4.78, 5) is 2.49. The minimum atomic E-state index is 0.465. The number of hydrogen-bond donors (Lipinski definition) is 1. The maximum atomic E-state index is 5.54. The maximum absolute atomic E-state index is 5.54. The fraction of sp³-hybridized carbons (Fsp3) is 0.786. The largest absolute Gasteiger partial charge is 0.360 e. The fourth-order valence-electron chi connectivity index (χ4n) is 3.56. The van der Waals surface area contributed by atoms with Gasteiger partial charge in [-0.1, -0.05) is 18.0 Å². The van der Waals surface area contributed by atoms with Gasteiger partial charge in [0, 0.05) is 12.6 Å². The van der Waals surface area contributed by atoms with Crippen LogP contribution in [0.4, 0.5) is 0 Å². The zero-order valence-electron chi connectivity index (χ0n) is 11.0. The standard InChI is InChI=1S/C14H23N3O/c15-10-12-9-13(18-16-12)11-17-7-5-14(6-8-17)3-1-2-4-14/h9H,1-8,10-11,15H2. The molecule has 2 aliphatic rings. The molecule has 1 aromatic rings. The molecule has 0 unspecified atom stereocenters. The van der Waals surface area contributed by atoms with Crippen LogP contribution < -0.4 is 5.73 Å². The highest BCUT2D eigenvalue weighted by atomic mass is 16.5. The molecule has 3 rings (SSSR count). The first kappa shape index (κ1) is 12.2. The van der Waals surface area contributed by atoms with Crippen LogP contribution in [0, 0.1) is 5.41 Å². The van der Waals surface area contributed by atoms with E-state index in [1.54, 1.807) is 0 Å². The summed E-state index contributed by atoms with van der Waals surface area (Å²) in [5, 5.41) is 3.94. The van der Waals surface area contributed by atoms with E-state index < -0.39 is 0 Å². The van der Waals surface area contributed by atoms with Gasteiger partial charge in [-0.05, 0) is 44.2 Å². The lowest BCUT2D eigenvalue weighted by Crippen LogP contribution is -2.38. The number of hydrogen-bond acceptors (Lipinski definition) is 4. The van der Waals surface area contributed by atoms with Crippen molar-refractivity contribution in [1.29, 1.82) is 0 Å². The quantitative estimate of drug-likeness (QED) is 0.893. The van der Waals surface area contributed by atoms with Crippen molar-refractivity contribution < 1.29 is 4.52 Å². The zero-order valence-corrected chi connectivity index (χ0v) is 11.0. The second-order valence-corrected chi connectivity index (χ2v) is 5.97. The van der Waals surface area contributed by atoms with E-state index in [2.05, 4.69) is 10.1 Å². The van der Waals surface area contributed by atoms with Crippen molar-refractivity contribution >= 4 is 0 Å². The lowest BCUT2D eigenvalue weighted by molar-refractivity contribution is 0.0963. The summed E-state index contributed by atoms with van der Waals surface area (Å²) in [7, 11) is 0. The Morgan fingerprint density at radius 2 is 1.94 bits per heavy atom. The van der Waals surface area contributed by atoms with E-state index in [-0.39, 0.29) is 0 Å². The molecular formula is C14H23N3O. The highest BCUT2D eigenvalue weighted by molar-refractivity contribution is 5.05. The van der Waals surface area contributed by atoms with Gasteiger partial charge in [-0.3, -0.25) is 4.90 Å². The number of nitrogens with zero attached hydrogens (tertiary/aromatic N) is 2. The molecule has 4 heteroatoms. The first-order chi connectivity index (χ1) is 8.80. The second-order valence-electron chi connectivity index (χ2n) is 5.97. The molecule has 0 radical (unpaired) electrons. The highest BCUT2D eigenvalue weighted by Gasteiger charge is 2.36. The molecule has 0 bridgehead atoms. The predicted octanol–water partition coefficient (Wildman–Crippen LogP) is 2.29. The van der Waals surface area contributed by atoms with Crippen LogP contribution >= 0.6 is 0 Å². The Morgan fingerprint density at radius 3 is 2.56 bits per heavy atom. The van der Waals surface area contributed by atoms with Gasteiger partial charge >= 0.3 is 0 Å². The topological polar surface area (TPSA) is 55.3 Å². The molecule has 1 aliphatic carbocycles. The third-order valence-electron chi connectivity index (χ3n) is 4.78. The van der Waals surface area contributed by atoms with Gasteiger partial charge < -0.3 is 10.3 Å². The van der Waals surface area contributed by atoms with Crippen LogP contribution in [-0.4, -0.2) is 23.1 Å². The molecule has 1 aliphatic heterocycles. The third-order valence-corrected chi connectivity index (χ3v) is 4.78. The molecule has 1 aromatic heterocycles. The summed E-state index contributed by atoms with van der Waals surface area (Å²) >= 11 is 0. The van der Waals surface area contributed by atoms with Gasteiger partial charge in [0.1, 0.15) is 0 Å². The van der Waals surface area contributed by atoms with Crippen molar-refractivity contribution in [2.75, 3.05) is 13.1 Å². The number of rotatable bonds is 3. The van der Waals surface area contributed by atoms with Gasteiger partial charge in [-0.15, -0.1) is 0 Å². The van der Waals surface area contributed by atoms with E-state index in [1.807, 2.05) is 6.07 Å². The molecule has 1 saturated heterocycles. The van der Waals surface area contributed by atoms with E-state index in [1.165, 1.54) is 51.6 Å². The number of aromatic nitrogens is 1. The Labute approximate surface area is 108 Å². The normalized spacial score (nSPS) is 23.8. The lowest BCUT2D eigenvalue weighted by atomic mass is 9.77. The number of nitrogens with two attached hydrogens (primary N) is 1. The van der Waals surface area contributed by atoms with E-state index >= 15 is 0 Å². The second kappa shape index (κ2) is 5.02. The van der Waals surface area contributed by atoms with Crippen LogP contribution in [0.5, 0.6) is 0 Å². The van der Waals surface area contributed by atoms with Crippen molar-refractivity contribution in [2.24, 2.45) is 11.1 Å². The third kappa shape index (κ3) is 2.45. The summed E-state index contributed by atoms with van der Waals surface area (Å²) in [6, 6.07) is 1.99. The molecular weight excluding hydrogens is 226 g/mol. The predicted molar refractivity (Wildman–Crippen MR) is 69.8 cm³/mol. The maximum Gasteiger partial charge on any atom is 0.151 e. The van der Waals surface area contributed by atoms with Crippen LogP contribution in [0.25, 0.3) is 0 Å². The molecule has 0 aromatic carbocycles. The molecule has 0 atom stereocenters. The fourth-order valence-corrected chi connectivity index (χ4v) is 3.56. The molecule has 0 amide bonds. The summed E-state index contributed by atoms with van der Waals surface area (Å²) in [5.74, 6) is 0.956. The van der Waals surface area contributed by atoms with Crippen LogP contribution in [0.2, 0.25) is 0 Å². The van der Waals surface area contributed by atoms with Gasteiger partial charge in [0.2, 0.25) is 0 Å². The molecule has 1 saturated carbocycles. The van der Waals surface area contributed by atoms with Crippen molar-refractivity contribution in [3.8, 4) is 0 Å². The Balaban J connectivity index is 1.53. The summed E-state index contributed by atoms with van der Waals surface area (Å²) in [6.07, 6.45) is 8.54. The van der Waals surface area contributed by atoms with E-state index in [0.29, 0.717) is 12.0 Å². The Bertz CT molecular complexity index is 385. The van der Waals surface area contributed by atoms with Crippen LogP contribution in [0.15, 0.2) is 10.6 Å². The van der Waals surface area contributed by atoms with Crippen molar-refractivity contribution in [3.63, 3.8) is 0 Å². The lowest BCUT2D eigenvalue weighted by Gasteiger charge is -2.39. The minimum absolute atomic E-state index is 0.465. The Hall–Kier alpha value is -0.870. The monoisotopic (exact) mass is 249 g/mol. The number of piperidine rings is 1. The van der Waals surface area contributed by atoms with Crippen molar-refractivity contribution in [1.82, 2.24) is 10.1 Å². The molecule has 1 spiro atoms. The average molecular weight is 249 g/mol. The molecule has 18 heavy (non-hydrogen) atoms. The zero-order chi connectivity index (χ0) is 12.4. The molecule has 2 fully saturated rings. The first-order valence-electron chi connectivity index (χ1n) is 7.17. The van der Waals surface area contributed by atoms with E-state index in [4.69, 9.17) is 10.3 Å². The van der Waals surface area contributed by atoms with Gasteiger partial charge in [-0.25, -0.2) is 0 Å². The minimum Gasteiger partial charge on any atom is -0.360 e. The van der Waals surface area contributed by atoms with Crippen LogP contribution in [0.3, 0.4) is 0 Å².